The minimum atomic E-state index is 0.258. The second kappa shape index (κ2) is 8.06. The summed E-state index contributed by atoms with van der Waals surface area (Å²) in [6, 6.07) is 11.1. The predicted molar refractivity (Wildman–Crippen MR) is 99.0 cm³/mol. The molecule has 8 heteroatoms. The second-order valence-corrected chi connectivity index (χ2v) is 6.46. The highest BCUT2D eigenvalue weighted by atomic mass is 35.5. The third-order valence-corrected chi connectivity index (χ3v) is 4.52. The van der Waals surface area contributed by atoms with E-state index in [1.807, 2.05) is 12.1 Å². The Morgan fingerprint density at radius 1 is 1.04 bits per heavy atom. The maximum atomic E-state index is 6.21. The fourth-order valence-electron chi connectivity index (χ4n) is 2.25. The molecule has 0 bridgehead atoms. The lowest BCUT2D eigenvalue weighted by Crippen LogP contribution is -1.93. The molecule has 0 aliphatic rings. The predicted octanol–water partition coefficient (Wildman–Crippen LogP) is 5.51. The van der Waals surface area contributed by atoms with Gasteiger partial charge in [0.15, 0.2) is 0 Å². The minimum absolute atomic E-state index is 0.258. The number of benzene rings is 2. The van der Waals surface area contributed by atoms with Crippen LogP contribution in [-0.4, -0.2) is 17.3 Å². The number of nitrogens with one attached hydrogen (secondary N) is 1. The Labute approximate surface area is 159 Å². The number of hydrogen-bond donors (Lipinski definition) is 1. The normalized spacial score (nSPS) is 10.9. The molecule has 0 spiro atoms. The Morgan fingerprint density at radius 2 is 1.80 bits per heavy atom. The molecular formula is C17H14Cl3N3O2. The summed E-state index contributed by atoms with van der Waals surface area (Å²) >= 11 is 18.5. The third-order valence-electron chi connectivity index (χ3n) is 3.46. The number of halogens is 3. The van der Waals surface area contributed by atoms with Gasteiger partial charge >= 0.3 is 6.01 Å². The Bertz CT molecular complexity index is 863. The lowest BCUT2D eigenvalue weighted by Gasteiger charge is -2.06. The number of hydrogen-bond acceptors (Lipinski definition) is 5. The summed E-state index contributed by atoms with van der Waals surface area (Å²) in [5.41, 5.74) is 2.37. The van der Waals surface area contributed by atoms with Crippen molar-refractivity contribution < 1.29 is 9.15 Å². The Morgan fingerprint density at radius 3 is 2.48 bits per heavy atom. The zero-order chi connectivity index (χ0) is 17.8. The highest BCUT2D eigenvalue weighted by Crippen LogP contribution is 2.28. The fraction of sp³-hybridized carbons (Fsp3) is 0.176. The SMILES string of the molecule is COCc1ccc(Nc2nnc(Cc3c(Cl)cccc3Cl)o2)cc1Cl. The molecule has 0 aliphatic carbocycles. The molecule has 5 nitrogen and oxygen atoms in total. The maximum absolute atomic E-state index is 6.21. The lowest BCUT2D eigenvalue weighted by molar-refractivity contribution is 0.185. The summed E-state index contributed by atoms with van der Waals surface area (Å²) in [4.78, 5) is 0. The molecule has 0 atom stereocenters. The molecular weight excluding hydrogens is 385 g/mol. The minimum Gasteiger partial charge on any atom is -0.408 e. The van der Waals surface area contributed by atoms with Gasteiger partial charge in [0.05, 0.1) is 13.0 Å². The molecule has 0 fully saturated rings. The number of rotatable bonds is 6. The largest absolute Gasteiger partial charge is 0.408 e. The highest BCUT2D eigenvalue weighted by molar-refractivity contribution is 6.36. The van der Waals surface area contributed by atoms with E-state index in [0.29, 0.717) is 34.0 Å². The van der Waals surface area contributed by atoms with Crippen LogP contribution in [0, 0.1) is 0 Å². The van der Waals surface area contributed by atoms with Crippen molar-refractivity contribution in [2.75, 3.05) is 12.4 Å². The van der Waals surface area contributed by atoms with E-state index in [2.05, 4.69) is 15.5 Å². The summed E-state index contributed by atoms with van der Waals surface area (Å²) in [6.07, 6.45) is 0.348. The van der Waals surface area contributed by atoms with Gasteiger partial charge < -0.3 is 14.5 Å². The van der Waals surface area contributed by atoms with Crippen molar-refractivity contribution in [1.29, 1.82) is 0 Å². The van der Waals surface area contributed by atoms with Gasteiger partial charge in [-0.1, -0.05) is 52.0 Å². The molecule has 25 heavy (non-hydrogen) atoms. The molecule has 130 valence electrons. The van der Waals surface area contributed by atoms with Gasteiger partial charge in [0.25, 0.3) is 0 Å². The summed E-state index contributed by atoms with van der Waals surface area (Å²) < 4.78 is 10.7. The molecule has 3 rings (SSSR count). The average Bonchev–Trinajstić information content (AvgIpc) is 3.01. The van der Waals surface area contributed by atoms with Crippen LogP contribution >= 0.6 is 34.8 Å². The first-order valence-electron chi connectivity index (χ1n) is 7.36. The summed E-state index contributed by atoms with van der Waals surface area (Å²) in [5.74, 6) is 0.402. The van der Waals surface area contributed by atoms with Crippen molar-refractivity contribution in [3.05, 3.63) is 68.5 Å². The van der Waals surface area contributed by atoms with Crippen LogP contribution in [0.1, 0.15) is 17.0 Å². The van der Waals surface area contributed by atoms with Crippen molar-refractivity contribution in [2.45, 2.75) is 13.0 Å². The van der Waals surface area contributed by atoms with E-state index in [9.17, 15) is 0 Å². The van der Waals surface area contributed by atoms with Crippen molar-refractivity contribution >= 4 is 46.5 Å². The van der Waals surface area contributed by atoms with Crippen LogP contribution in [-0.2, 0) is 17.8 Å². The smallest absolute Gasteiger partial charge is 0.320 e. The van der Waals surface area contributed by atoms with Gasteiger partial charge in [-0.15, -0.1) is 5.10 Å². The monoisotopic (exact) mass is 397 g/mol. The van der Waals surface area contributed by atoms with Gasteiger partial charge in [0, 0.05) is 27.9 Å². The molecule has 0 amide bonds. The van der Waals surface area contributed by atoms with E-state index < -0.39 is 0 Å². The third kappa shape index (κ3) is 4.44. The average molecular weight is 399 g/mol. The maximum Gasteiger partial charge on any atom is 0.320 e. The van der Waals surface area contributed by atoms with E-state index in [4.69, 9.17) is 44.0 Å². The molecule has 0 aliphatic heterocycles. The molecule has 1 aromatic heterocycles. The van der Waals surface area contributed by atoms with Crippen molar-refractivity contribution in [3.63, 3.8) is 0 Å². The number of nitrogens with zero attached hydrogens (tertiary/aromatic N) is 2. The number of aromatic nitrogens is 2. The van der Waals surface area contributed by atoms with Crippen LogP contribution < -0.4 is 5.32 Å². The van der Waals surface area contributed by atoms with Gasteiger partial charge in [0.1, 0.15) is 0 Å². The van der Waals surface area contributed by atoms with Crippen LogP contribution in [0.4, 0.5) is 11.7 Å². The van der Waals surface area contributed by atoms with E-state index in [-0.39, 0.29) is 6.01 Å². The number of methoxy groups -OCH3 is 1. The van der Waals surface area contributed by atoms with E-state index >= 15 is 0 Å². The number of ether oxygens (including phenoxy) is 1. The van der Waals surface area contributed by atoms with Crippen molar-refractivity contribution in [3.8, 4) is 0 Å². The summed E-state index contributed by atoms with van der Waals surface area (Å²) in [7, 11) is 1.62. The Hall–Kier alpha value is -1.79. The van der Waals surface area contributed by atoms with E-state index in [0.717, 1.165) is 16.8 Å². The van der Waals surface area contributed by atoms with E-state index in [1.165, 1.54) is 0 Å². The first-order valence-corrected chi connectivity index (χ1v) is 8.50. The quantitative estimate of drug-likeness (QED) is 0.593. The van der Waals surface area contributed by atoms with Gasteiger partial charge in [0.2, 0.25) is 5.89 Å². The Balaban J connectivity index is 1.73. The second-order valence-electron chi connectivity index (χ2n) is 5.24. The molecule has 1 heterocycles. The fourth-order valence-corrected chi connectivity index (χ4v) is 3.02. The molecule has 0 saturated heterocycles. The molecule has 0 radical (unpaired) electrons. The standard InChI is InChI=1S/C17H14Cl3N3O2/c1-24-9-10-5-6-11(7-15(10)20)21-17-23-22-16(25-17)8-12-13(18)3-2-4-14(12)19/h2-7H,8-9H2,1H3,(H,21,23). The summed E-state index contributed by atoms with van der Waals surface area (Å²) in [5, 5.41) is 12.7. The summed E-state index contributed by atoms with van der Waals surface area (Å²) in [6.45, 7) is 0.447. The molecule has 2 aromatic carbocycles. The lowest BCUT2D eigenvalue weighted by atomic mass is 10.1. The topological polar surface area (TPSA) is 60.2 Å². The van der Waals surface area contributed by atoms with Gasteiger partial charge in [-0.05, 0) is 35.4 Å². The number of anilines is 2. The van der Waals surface area contributed by atoms with Gasteiger partial charge in [-0.25, -0.2) is 0 Å². The van der Waals surface area contributed by atoms with Crippen molar-refractivity contribution in [1.82, 2.24) is 10.2 Å². The molecule has 0 unspecified atom stereocenters. The van der Waals surface area contributed by atoms with Gasteiger partial charge in [-0.3, -0.25) is 0 Å². The van der Waals surface area contributed by atoms with Crippen molar-refractivity contribution in [2.24, 2.45) is 0 Å². The highest BCUT2D eigenvalue weighted by Gasteiger charge is 2.12. The first-order chi connectivity index (χ1) is 12.1. The zero-order valence-corrected chi connectivity index (χ0v) is 15.5. The van der Waals surface area contributed by atoms with Crippen LogP contribution in [0.25, 0.3) is 0 Å². The van der Waals surface area contributed by atoms with Crippen LogP contribution in [0.15, 0.2) is 40.8 Å². The Kier molecular flexibility index (Phi) is 5.81. The molecule has 1 N–H and O–H groups in total. The van der Waals surface area contributed by atoms with Gasteiger partial charge in [-0.2, -0.15) is 0 Å². The van der Waals surface area contributed by atoms with Crippen LogP contribution in [0.5, 0.6) is 0 Å². The van der Waals surface area contributed by atoms with Crippen LogP contribution in [0.2, 0.25) is 15.1 Å². The molecule has 3 aromatic rings. The van der Waals surface area contributed by atoms with Crippen LogP contribution in [0.3, 0.4) is 0 Å². The zero-order valence-electron chi connectivity index (χ0n) is 13.2. The van der Waals surface area contributed by atoms with E-state index in [1.54, 1.807) is 31.4 Å². The molecule has 0 saturated carbocycles. The first kappa shape index (κ1) is 18.0.